The lowest BCUT2D eigenvalue weighted by atomic mass is 10.3. The first kappa shape index (κ1) is 19.9. The highest BCUT2D eigenvalue weighted by Gasteiger charge is 2.24. The van der Waals surface area contributed by atoms with Crippen LogP contribution in [0.5, 0.6) is 0 Å². The summed E-state index contributed by atoms with van der Waals surface area (Å²) in [4.78, 5) is 11.9. The molecule has 0 aliphatic carbocycles. The molecule has 1 atom stereocenters. The van der Waals surface area contributed by atoms with Gasteiger partial charge in [0.2, 0.25) is 15.9 Å². The van der Waals surface area contributed by atoms with Gasteiger partial charge in [0.05, 0.1) is 16.1 Å². The Morgan fingerprint density at radius 1 is 1.08 bits per heavy atom. The highest BCUT2D eigenvalue weighted by Crippen LogP contribution is 2.25. The minimum absolute atomic E-state index is 0.0326. The Morgan fingerprint density at radius 2 is 1.76 bits per heavy atom. The van der Waals surface area contributed by atoms with Crippen LogP contribution in [-0.2, 0) is 14.8 Å². The van der Waals surface area contributed by atoms with Crippen LogP contribution in [0.15, 0.2) is 41.3 Å². The van der Waals surface area contributed by atoms with Gasteiger partial charge >= 0.3 is 0 Å². The van der Waals surface area contributed by atoms with E-state index in [-0.39, 0.29) is 25.7 Å². The molecule has 0 heterocycles. The van der Waals surface area contributed by atoms with Gasteiger partial charge in [0, 0.05) is 10.7 Å². The SMILES string of the molecule is C[C@@H](NS(=O)(=O)c1cc(Cl)ccc1Cl)C(=O)Nc1ccc(F)c(Cl)c1. The van der Waals surface area contributed by atoms with Crippen molar-refractivity contribution in [2.45, 2.75) is 17.9 Å². The molecule has 0 fully saturated rings. The number of nitrogens with one attached hydrogen (secondary N) is 2. The topological polar surface area (TPSA) is 75.3 Å². The van der Waals surface area contributed by atoms with E-state index < -0.39 is 27.8 Å². The fraction of sp³-hybridized carbons (Fsp3) is 0.133. The van der Waals surface area contributed by atoms with Crippen LogP contribution in [0.3, 0.4) is 0 Å². The van der Waals surface area contributed by atoms with E-state index in [9.17, 15) is 17.6 Å². The maximum absolute atomic E-state index is 13.1. The number of hydrogen-bond acceptors (Lipinski definition) is 3. The molecule has 2 rings (SSSR count). The van der Waals surface area contributed by atoms with E-state index in [1.54, 1.807) is 0 Å². The van der Waals surface area contributed by atoms with Crippen LogP contribution in [0, 0.1) is 5.82 Å². The standard InChI is InChI=1S/C15H12Cl3FN2O3S/c1-8(15(22)20-10-3-5-13(19)12(18)7-10)21-25(23,24)14-6-9(16)2-4-11(14)17/h2-8,21H,1H3,(H,20,22)/t8-/m1/s1. The molecule has 10 heteroatoms. The molecule has 0 saturated carbocycles. The molecule has 25 heavy (non-hydrogen) atoms. The second-order valence-electron chi connectivity index (χ2n) is 5.04. The zero-order valence-corrected chi connectivity index (χ0v) is 15.8. The van der Waals surface area contributed by atoms with E-state index in [0.29, 0.717) is 0 Å². The normalized spacial score (nSPS) is 12.7. The molecule has 0 radical (unpaired) electrons. The molecule has 0 saturated heterocycles. The van der Waals surface area contributed by atoms with Crippen LogP contribution in [0.2, 0.25) is 15.1 Å². The molecule has 5 nitrogen and oxygen atoms in total. The van der Waals surface area contributed by atoms with Crippen molar-refractivity contribution in [3.05, 3.63) is 57.3 Å². The summed E-state index contributed by atoms with van der Waals surface area (Å²) < 4.78 is 40.0. The third-order valence-electron chi connectivity index (χ3n) is 3.10. The van der Waals surface area contributed by atoms with Gasteiger partial charge in [-0.2, -0.15) is 4.72 Å². The van der Waals surface area contributed by atoms with Gasteiger partial charge in [-0.25, -0.2) is 12.8 Å². The molecule has 0 bridgehead atoms. The zero-order valence-electron chi connectivity index (χ0n) is 12.7. The molecule has 1 amide bonds. The Morgan fingerprint density at radius 3 is 2.40 bits per heavy atom. The zero-order chi connectivity index (χ0) is 18.8. The number of benzene rings is 2. The van der Waals surface area contributed by atoms with E-state index in [1.165, 1.54) is 37.3 Å². The predicted molar refractivity (Wildman–Crippen MR) is 96.3 cm³/mol. The Kier molecular flexibility index (Phi) is 6.29. The highest BCUT2D eigenvalue weighted by atomic mass is 35.5. The monoisotopic (exact) mass is 424 g/mol. The van der Waals surface area contributed by atoms with Gasteiger partial charge < -0.3 is 5.32 Å². The van der Waals surface area contributed by atoms with Gasteiger partial charge in [-0.15, -0.1) is 0 Å². The molecular weight excluding hydrogens is 414 g/mol. The van der Waals surface area contributed by atoms with Crippen molar-refractivity contribution in [2.24, 2.45) is 0 Å². The van der Waals surface area contributed by atoms with Gasteiger partial charge in [0.15, 0.2) is 0 Å². The summed E-state index contributed by atoms with van der Waals surface area (Å²) in [6.45, 7) is 1.34. The maximum atomic E-state index is 13.1. The summed E-state index contributed by atoms with van der Waals surface area (Å²) in [6.07, 6.45) is 0. The predicted octanol–water partition coefficient (Wildman–Crippen LogP) is 4.09. The average Bonchev–Trinajstić information content (AvgIpc) is 2.52. The second-order valence-corrected chi connectivity index (χ2v) is 7.97. The summed E-state index contributed by atoms with van der Waals surface area (Å²) in [7, 11) is -4.08. The molecule has 2 aromatic rings. The van der Waals surface area contributed by atoms with Crippen molar-refractivity contribution >= 4 is 56.4 Å². The molecule has 0 spiro atoms. The fourth-order valence-corrected chi connectivity index (χ4v) is 4.00. The van der Waals surface area contributed by atoms with E-state index in [4.69, 9.17) is 34.8 Å². The Hall–Kier alpha value is -1.38. The lowest BCUT2D eigenvalue weighted by molar-refractivity contribution is -0.117. The minimum Gasteiger partial charge on any atom is -0.325 e. The highest BCUT2D eigenvalue weighted by molar-refractivity contribution is 7.89. The molecule has 2 N–H and O–H groups in total. The maximum Gasteiger partial charge on any atom is 0.242 e. The van der Waals surface area contributed by atoms with Crippen LogP contribution in [0.1, 0.15) is 6.92 Å². The molecule has 0 unspecified atom stereocenters. The summed E-state index contributed by atoms with van der Waals surface area (Å²) in [5.74, 6) is -1.30. The van der Waals surface area contributed by atoms with Crippen LogP contribution in [-0.4, -0.2) is 20.4 Å². The van der Waals surface area contributed by atoms with Crippen molar-refractivity contribution in [1.29, 1.82) is 0 Å². The van der Waals surface area contributed by atoms with Crippen molar-refractivity contribution in [3.8, 4) is 0 Å². The Balaban J connectivity index is 2.14. The van der Waals surface area contributed by atoms with Crippen LogP contribution in [0.25, 0.3) is 0 Å². The minimum atomic E-state index is -4.08. The summed E-state index contributed by atoms with van der Waals surface area (Å²) in [5, 5.41) is 2.41. The summed E-state index contributed by atoms with van der Waals surface area (Å²) >= 11 is 17.3. The van der Waals surface area contributed by atoms with Crippen molar-refractivity contribution in [2.75, 3.05) is 5.32 Å². The second kappa shape index (κ2) is 7.88. The van der Waals surface area contributed by atoms with E-state index >= 15 is 0 Å². The Bertz CT molecular complexity index is 922. The molecule has 0 aliphatic heterocycles. The van der Waals surface area contributed by atoms with Crippen molar-refractivity contribution in [3.63, 3.8) is 0 Å². The first-order valence-electron chi connectivity index (χ1n) is 6.83. The summed E-state index contributed by atoms with van der Waals surface area (Å²) in [6, 6.07) is 6.41. The number of amides is 1. The van der Waals surface area contributed by atoms with Crippen molar-refractivity contribution < 1.29 is 17.6 Å². The van der Waals surface area contributed by atoms with Gasteiger partial charge in [-0.05, 0) is 43.3 Å². The third-order valence-corrected chi connectivity index (χ3v) is 5.64. The van der Waals surface area contributed by atoms with Crippen LogP contribution < -0.4 is 10.0 Å². The number of carbonyl (C=O) groups excluding carboxylic acids is 1. The first-order chi connectivity index (χ1) is 11.6. The number of anilines is 1. The van der Waals surface area contributed by atoms with Gasteiger partial charge in [-0.3, -0.25) is 4.79 Å². The smallest absolute Gasteiger partial charge is 0.242 e. The Labute approximate surface area is 159 Å². The molecule has 134 valence electrons. The van der Waals surface area contributed by atoms with E-state index in [0.717, 1.165) is 6.07 Å². The first-order valence-corrected chi connectivity index (χ1v) is 9.45. The van der Waals surface area contributed by atoms with Gasteiger partial charge in [0.1, 0.15) is 10.7 Å². The summed E-state index contributed by atoms with van der Waals surface area (Å²) in [5.41, 5.74) is 0.225. The third kappa shape index (κ3) is 5.05. The van der Waals surface area contributed by atoms with E-state index in [1.807, 2.05) is 0 Å². The van der Waals surface area contributed by atoms with Gasteiger partial charge in [-0.1, -0.05) is 34.8 Å². The quantitative estimate of drug-likeness (QED) is 0.757. The number of rotatable bonds is 5. The number of hydrogen-bond donors (Lipinski definition) is 2. The fourth-order valence-electron chi connectivity index (χ4n) is 1.86. The lowest BCUT2D eigenvalue weighted by Gasteiger charge is -2.15. The molecule has 0 aromatic heterocycles. The number of sulfonamides is 1. The number of halogens is 4. The van der Waals surface area contributed by atoms with Crippen molar-refractivity contribution in [1.82, 2.24) is 4.72 Å². The molecule has 0 aliphatic rings. The number of carbonyl (C=O) groups is 1. The van der Waals surface area contributed by atoms with Crippen LogP contribution in [0.4, 0.5) is 10.1 Å². The largest absolute Gasteiger partial charge is 0.325 e. The molecule has 2 aromatic carbocycles. The lowest BCUT2D eigenvalue weighted by Crippen LogP contribution is -2.41. The molecular formula is C15H12Cl3FN2O3S. The van der Waals surface area contributed by atoms with Crippen LogP contribution >= 0.6 is 34.8 Å². The average molecular weight is 426 g/mol. The van der Waals surface area contributed by atoms with Gasteiger partial charge in [0.25, 0.3) is 0 Å². The van der Waals surface area contributed by atoms with E-state index in [2.05, 4.69) is 10.0 Å².